The predicted octanol–water partition coefficient (Wildman–Crippen LogP) is 3.70. The van der Waals surface area contributed by atoms with Crippen LogP contribution in [0.15, 0.2) is 12.1 Å². The molecule has 0 saturated carbocycles. The minimum absolute atomic E-state index is 0.135. The lowest BCUT2D eigenvalue weighted by Crippen LogP contribution is -2.15. The number of aryl methyl sites for hydroxylation is 1. The second-order valence-electron chi connectivity index (χ2n) is 3.99. The van der Waals surface area contributed by atoms with Gasteiger partial charge in [0.1, 0.15) is 27.1 Å². The number of hydrogen-bond acceptors (Lipinski definition) is 4. The molecule has 2 heterocycles. The molecule has 1 amide bonds. The fourth-order valence-electron chi connectivity index (χ4n) is 1.49. The second kappa shape index (κ2) is 5.91. The summed E-state index contributed by atoms with van der Waals surface area (Å²) < 4.78 is 0. The molecule has 0 bridgehead atoms. The maximum absolute atomic E-state index is 12.1. The molecule has 0 saturated heterocycles. The van der Waals surface area contributed by atoms with E-state index in [2.05, 4.69) is 20.3 Å². The molecule has 8 heteroatoms. The zero-order chi connectivity index (χ0) is 14.9. The minimum Gasteiger partial charge on any atom is -0.306 e. The Kier molecular flexibility index (Phi) is 4.42. The summed E-state index contributed by atoms with van der Waals surface area (Å²) in [5.41, 5.74) is 0.860. The highest BCUT2D eigenvalue weighted by Gasteiger charge is 2.13. The number of nitrogens with one attached hydrogen (secondary N) is 1. The molecule has 5 nitrogen and oxygen atoms in total. The number of nitrogens with zero attached hydrogens (tertiary/aromatic N) is 3. The maximum Gasteiger partial charge on any atom is 0.257 e. The molecule has 2 rings (SSSR count). The van der Waals surface area contributed by atoms with Gasteiger partial charge in [0.05, 0.1) is 0 Å². The summed E-state index contributed by atoms with van der Waals surface area (Å²) in [4.78, 5) is 24.0. The fraction of sp³-hybridized carbons (Fsp3) is 0.167. The number of carbonyl (C=O) groups excluding carboxylic acids is 1. The summed E-state index contributed by atoms with van der Waals surface area (Å²) in [6.07, 6.45) is 0. The third-order valence-corrected chi connectivity index (χ3v) is 3.21. The highest BCUT2D eigenvalue weighted by atomic mass is 35.5. The third-order valence-electron chi connectivity index (χ3n) is 2.46. The van der Waals surface area contributed by atoms with E-state index >= 15 is 0 Å². The molecule has 0 aromatic carbocycles. The van der Waals surface area contributed by atoms with Gasteiger partial charge in [-0.2, -0.15) is 0 Å². The number of aromatic nitrogens is 3. The Bertz CT molecular complexity index is 670. The van der Waals surface area contributed by atoms with Crippen LogP contribution in [0.4, 0.5) is 5.82 Å². The predicted molar refractivity (Wildman–Crippen MR) is 78.7 cm³/mol. The van der Waals surface area contributed by atoms with Crippen molar-refractivity contribution in [1.82, 2.24) is 15.0 Å². The molecule has 0 atom stereocenters. The normalized spacial score (nSPS) is 10.4. The van der Waals surface area contributed by atoms with Crippen molar-refractivity contribution in [2.75, 3.05) is 5.32 Å². The van der Waals surface area contributed by atoms with Gasteiger partial charge in [0.25, 0.3) is 5.91 Å². The lowest BCUT2D eigenvalue weighted by atomic mass is 10.2. The van der Waals surface area contributed by atoms with E-state index in [0.717, 1.165) is 0 Å². The Balaban J connectivity index is 2.32. The third kappa shape index (κ3) is 3.36. The lowest BCUT2D eigenvalue weighted by Gasteiger charge is -2.09. The first-order valence-electron chi connectivity index (χ1n) is 5.52. The summed E-state index contributed by atoms with van der Waals surface area (Å²) in [7, 11) is 0. The molecule has 0 aliphatic rings. The van der Waals surface area contributed by atoms with Crippen molar-refractivity contribution in [3.05, 3.63) is 44.5 Å². The number of pyridine rings is 1. The standard InChI is InChI=1S/C12H9Cl3N4O/c1-5-10(15)16-6(2)17-11(5)19-12(20)7-3-8(13)18-9(14)4-7/h3-4H,1-2H3,(H,16,17,19,20). The molecule has 1 N–H and O–H groups in total. The maximum atomic E-state index is 12.1. The van der Waals surface area contributed by atoms with Crippen LogP contribution in [0.25, 0.3) is 0 Å². The average Bonchev–Trinajstić information content (AvgIpc) is 2.34. The molecule has 0 aliphatic carbocycles. The quantitative estimate of drug-likeness (QED) is 0.673. The molecule has 0 spiro atoms. The van der Waals surface area contributed by atoms with Gasteiger partial charge >= 0.3 is 0 Å². The highest BCUT2D eigenvalue weighted by Crippen LogP contribution is 2.21. The van der Waals surface area contributed by atoms with Crippen LogP contribution in [0.1, 0.15) is 21.7 Å². The summed E-state index contributed by atoms with van der Waals surface area (Å²) in [5.74, 6) is 0.395. The van der Waals surface area contributed by atoms with Gasteiger partial charge in [-0.3, -0.25) is 4.79 Å². The molecular weight excluding hydrogens is 323 g/mol. The van der Waals surface area contributed by atoms with E-state index in [1.54, 1.807) is 13.8 Å². The summed E-state index contributed by atoms with van der Waals surface area (Å²) in [6, 6.07) is 2.82. The largest absolute Gasteiger partial charge is 0.306 e. The van der Waals surface area contributed by atoms with Crippen molar-refractivity contribution < 1.29 is 4.79 Å². The van der Waals surface area contributed by atoms with Gasteiger partial charge in [0.15, 0.2) is 0 Å². The van der Waals surface area contributed by atoms with Gasteiger partial charge in [0.2, 0.25) is 0 Å². The van der Waals surface area contributed by atoms with Crippen molar-refractivity contribution in [1.29, 1.82) is 0 Å². The Hall–Kier alpha value is -1.43. The topological polar surface area (TPSA) is 67.8 Å². The van der Waals surface area contributed by atoms with Gasteiger partial charge in [-0.1, -0.05) is 34.8 Å². The number of rotatable bonds is 2. The SMILES string of the molecule is Cc1nc(Cl)c(C)c(NC(=O)c2cc(Cl)nc(Cl)c2)n1. The summed E-state index contributed by atoms with van der Waals surface area (Å²) in [5, 5.41) is 3.20. The minimum atomic E-state index is -0.409. The van der Waals surface area contributed by atoms with Crippen LogP contribution >= 0.6 is 34.8 Å². The Morgan fingerprint density at radius 2 is 1.65 bits per heavy atom. The number of anilines is 1. The van der Waals surface area contributed by atoms with E-state index in [-0.39, 0.29) is 15.9 Å². The molecule has 0 unspecified atom stereocenters. The number of hydrogen-bond donors (Lipinski definition) is 1. The molecule has 0 radical (unpaired) electrons. The molecule has 0 fully saturated rings. The van der Waals surface area contributed by atoms with E-state index in [1.165, 1.54) is 12.1 Å². The number of amides is 1. The first-order valence-corrected chi connectivity index (χ1v) is 6.65. The van der Waals surface area contributed by atoms with Crippen molar-refractivity contribution in [2.45, 2.75) is 13.8 Å². The lowest BCUT2D eigenvalue weighted by molar-refractivity contribution is 0.102. The molecule has 20 heavy (non-hydrogen) atoms. The van der Waals surface area contributed by atoms with Crippen LogP contribution in [0, 0.1) is 13.8 Å². The van der Waals surface area contributed by atoms with Crippen molar-refractivity contribution in [2.24, 2.45) is 0 Å². The number of carbonyl (C=O) groups is 1. The van der Waals surface area contributed by atoms with Crippen LogP contribution in [-0.2, 0) is 0 Å². The highest BCUT2D eigenvalue weighted by molar-refractivity contribution is 6.33. The molecule has 2 aromatic heterocycles. The van der Waals surface area contributed by atoms with Crippen molar-refractivity contribution in [3.8, 4) is 0 Å². The smallest absolute Gasteiger partial charge is 0.257 e. The molecule has 104 valence electrons. The van der Waals surface area contributed by atoms with Crippen LogP contribution in [0.5, 0.6) is 0 Å². The van der Waals surface area contributed by atoms with Crippen LogP contribution in [-0.4, -0.2) is 20.9 Å². The molecular formula is C12H9Cl3N4O. The van der Waals surface area contributed by atoms with E-state index in [4.69, 9.17) is 34.8 Å². The Labute approximate surface area is 130 Å². The van der Waals surface area contributed by atoms with Crippen molar-refractivity contribution in [3.63, 3.8) is 0 Å². The Morgan fingerprint density at radius 3 is 2.25 bits per heavy atom. The summed E-state index contributed by atoms with van der Waals surface area (Å²) in [6.45, 7) is 3.39. The first kappa shape index (κ1) is 15.0. The van der Waals surface area contributed by atoms with Gasteiger partial charge in [0, 0.05) is 11.1 Å². The second-order valence-corrected chi connectivity index (χ2v) is 5.12. The van der Waals surface area contributed by atoms with Crippen molar-refractivity contribution >= 4 is 46.5 Å². The monoisotopic (exact) mass is 330 g/mol. The first-order chi connectivity index (χ1) is 9.36. The number of halogens is 3. The van der Waals surface area contributed by atoms with Gasteiger partial charge < -0.3 is 5.32 Å². The van der Waals surface area contributed by atoms with E-state index in [9.17, 15) is 4.79 Å². The van der Waals surface area contributed by atoms with E-state index in [1.807, 2.05) is 0 Å². The van der Waals surface area contributed by atoms with Gasteiger partial charge in [-0.05, 0) is 26.0 Å². The van der Waals surface area contributed by atoms with Gasteiger partial charge in [-0.25, -0.2) is 15.0 Å². The van der Waals surface area contributed by atoms with Crippen LogP contribution in [0.2, 0.25) is 15.5 Å². The average molecular weight is 332 g/mol. The van der Waals surface area contributed by atoms with Crippen LogP contribution < -0.4 is 5.32 Å². The zero-order valence-electron chi connectivity index (χ0n) is 10.5. The molecule has 0 aliphatic heterocycles. The Morgan fingerprint density at radius 1 is 1.05 bits per heavy atom. The van der Waals surface area contributed by atoms with E-state index < -0.39 is 5.91 Å². The van der Waals surface area contributed by atoms with E-state index in [0.29, 0.717) is 22.4 Å². The van der Waals surface area contributed by atoms with Gasteiger partial charge in [-0.15, -0.1) is 0 Å². The summed E-state index contributed by atoms with van der Waals surface area (Å²) >= 11 is 17.5. The zero-order valence-corrected chi connectivity index (χ0v) is 12.8. The van der Waals surface area contributed by atoms with Crippen LogP contribution in [0.3, 0.4) is 0 Å². The fourth-order valence-corrected chi connectivity index (χ4v) is 2.16. The molecule has 2 aromatic rings.